The zero-order valence-corrected chi connectivity index (χ0v) is 19.0. The molecule has 1 aromatic carbocycles. The van der Waals surface area contributed by atoms with Crippen molar-refractivity contribution in [2.24, 2.45) is 5.92 Å². The number of hydrogen-bond acceptors (Lipinski definition) is 4. The van der Waals surface area contributed by atoms with Crippen molar-refractivity contribution in [2.75, 3.05) is 4.90 Å². The average molecular weight is 474 g/mol. The van der Waals surface area contributed by atoms with E-state index in [2.05, 4.69) is 16.2 Å². The third-order valence-corrected chi connectivity index (χ3v) is 5.50. The number of nitrogens with one attached hydrogen (secondary N) is 1. The smallest absolute Gasteiger partial charge is 0.350 e. The summed E-state index contributed by atoms with van der Waals surface area (Å²) in [5.41, 5.74) is -1.33. The van der Waals surface area contributed by atoms with Gasteiger partial charge in [0.05, 0.1) is 5.56 Å². The quantitative estimate of drug-likeness (QED) is 0.634. The van der Waals surface area contributed by atoms with Crippen LogP contribution in [0.15, 0.2) is 53.9 Å². The molecule has 0 bridgehead atoms. The minimum Gasteiger partial charge on any atom is -0.350 e. The monoisotopic (exact) mass is 473 g/mol. The molecule has 1 N–H and O–H groups in total. The summed E-state index contributed by atoms with van der Waals surface area (Å²) in [7, 11) is 0. The number of alkyl halides is 3. The highest BCUT2D eigenvalue weighted by Crippen LogP contribution is 2.33. The molecule has 2 aromatic rings. The Morgan fingerprint density at radius 2 is 1.76 bits per heavy atom. The molecule has 5 nitrogen and oxygen atoms in total. The van der Waals surface area contributed by atoms with E-state index >= 15 is 0 Å². The Labute approximate surface area is 194 Å². The van der Waals surface area contributed by atoms with E-state index in [4.69, 9.17) is 6.42 Å². The third kappa shape index (κ3) is 5.71. The maximum absolute atomic E-state index is 13.6. The van der Waals surface area contributed by atoms with E-state index < -0.39 is 41.1 Å². The second kappa shape index (κ2) is 9.24. The average Bonchev–Trinajstić information content (AvgIpc) is 3.41. The van der Waals surface area contributed by atoms with Crippen LogP contribution in [0, 0.1) is 18.3 Å². The number of carbonyl (C=O) groups is 2. The van der Waals surface area contributed by atoms with E-state index in [1.54, 1.807) is 45.1 Å². The van der Waals surface area contributed by atoms with Crippen molar-refractivity contribution >= 4 is 28.8 Å². The molecule has 172 valence electrons. The summed E-state index contributed by atoms with van der Waals surface area (Å²) in [4.78, 5) is 32.3. The molecule has 0 saturated carbocycles. The number of thiazole rings is 1. The van der Waals surface area contributed by atoms with Gasteiger partial charge in [-0.3, -0.25) is 14.5 Å². The lowest BCUT2D eigenvalue weighted by atomic mass is 9.96. The van der Waals surface area contributed by atoms with Gasteiger partial charge in [-0.2, -0.15) is 13.2 Å². The molecule has 2 amide bonds. The molecule has 1 heterocycles. The predicted octanol–water partition coefficient (Wildman–Crippen LogP) is 4.82. The van der Waals surface area contributed by atoms with E-state index in [0.29, 0.717) is 0 Å². The number of benzene rings is 1. The normalized spacial score (nSPS) is 14.7. The van der Waals surface area contributed by atoms with E-state index in [1.807, 2.05) is 0 Å². The SMILES string of the molecule is C#Cc1nc(C(=O)N(c2ccc(C(F)(F)F)cc2)C(C(=O)NC(C)(C)C)C2C=CC=C2)cs1. The molecule has 1 atom stereocenters. The van der Waals surface area contributed by atoms with Crippen molar-refractivity contribution in [1.29, 1.82) is 0 Å². The van der Waals surface area contributed by atoms with Crippen LogP contribution in [0.1, 0.15) is 41.8 Å². The minimum atomic E-state index is -4.54. The van der Waals surface area contributed by atoms with Crippen molar-refractivity contribution in [3.05, 3.63) is 70.2 Å². The summed E-state index contributed by atoms with van der Waals surface area (Å²) in [5.74, 6) is 0.760. The number of hydrogen-bond donors (Lipinski definition) is 1. The summed E-state index contributed by atoms with van der Waals surface area (Å²) >= 11 is 1.09. The number of allylic oxidation sites excluding steroid dienone is 2. The van der Waals surface area contributed by atoms with Gasteiger partial charge in [-0.1, -0.05) is 24.3 Å². The first-order valence-corrected chi connectivity index (χ1v) is 10.9. The van der Waals surface area contributed by atoms with Gasteiger partial charge in [0.25, 0.3) is 5.91 Å². The highest BCUT2D eigenvalue weighted by molar-refractivity contribution is 7.10. The lowest BCUT2D eigenvalue weighted by Crippen LogP contribution is -2.56. The number of carbonyl (C=O) groups excluding carboxylic acids is 2. The van der Waals surface area contributed by atoms with Gasteiger partial charge in [0.15, 0.2) is 5.01 Å². The Kier molecular flexibility index (Phi) is 6.79. The Balaban J connectivity index is 2.13. The fourth-order valence-corrected chi connectivity index (χ4v) is 3.94. The standard InChI is InChI=1S/C24H22F3N3O2S/c1-5-19-28-18(14-33-19)22(32)30(17-12-10-16(11-13-17)24(25,26)27)20(15-8-6-7-9-15)21(31)29-23(2,3)4/h1,6-15,20H,2-4H3,(H,29,31). The summed E-state index contributed by atoms with van der Waals surface area (Å²) in [6.07, 6.45) is 7.83. The molecule has 1 unspecified atom stereocenters. The van der Waals surface area contributed by atoms with Crippen LogP contribution in [0.5, 0.6) is 0 Å². The Morgan fingerprint density at radius 1 is 1.15 bits per heavy atom. The second-order valence-electron chi connectivity index (χ2n) is 8.43. The Morgan fingerprint density at radius 3 is 2.24 bits per heavy atom. The Hall–Kier alpha value is -3.38. The molecule has 1 aliphatic rings. The van der Waals surface area contributed by atoms with Crippen LogP contribution in [0.2, 0.25) is 0 Å². The molecule has 0 spiro atoms. The molecule has 33 heavy (non-hydrogen) atoms. The van der Waals surface area contributed by atoms with Crippen LogP contribution in [-0.2, 0) is 11.0 Å². The molecule has 0 fully saturated rings. The first-order chi connectivity index (χ1) is 15.4. The van der Waals surface area contributed by atoms with Crippen LogP contribution in [0.25, 0.3) is 0 Å². The first kappa shape index (κ1) is 24.3. The molecule has 0 radical (unpaired) electrons. The highest BCUT2D eigenvalue weighted by atomic mass is 32.1. The van der Waals surface area contributed by atoms with Crippen LogP contribution in [0.3, 0.4) is 0 Å². The lowest BCUT2D eigenvalue weighted by Gasteiger charge is -2.35. The molecule has 1 aromatic heterocycles. The Bertz CT molecular complexity index is 1120. The van der Waals surface area contributed by atoms with Gasteiger partial charge in [0.2, 0.25) is 5.91 Å². The lowest BCUT2D eigenvalue weighted by molar-refractivity contribution is -0.137. The zero-order valence-electron chi connectivity index (χ0n) is 18.2. The van der Waals surface area contributed by atoms with Crippen molar-refractivity contribution in [2.45, 2.75) is 38.5 Å². The largest absolute Gasteiger partial charge is 0.416 e. The van der Waals surface area contributed by atoms with Gasteiger partial charge in [-0.05, 0) is 51.0 Å². The second-order valence-corrected chi connectivity index (χ2v) is 9.29. The van der Waals surface area contributed by atoms with Gasteiger partial charge in [-0.25, -0.2) is 4.98 Å². The molecular weight excluding hydrogens is 451 g/mol. The predicted molar refractivity (Wildman–Crippen MR) is 122 cm³/mol. The number of aromatic nitrogens is 1. The fourth-order valence-electron chi connectivity index (χ4n) is 3.34. The van der Waals surface area contributed by atoms with E-state index in [-0.39, 0.29) is 16.4 Å². The van der Waals surface area contributed by atoms with Crippen LogP contribution in [-0.4, -0.2) is 28.4 Å². The highest BCUT2D eigenvalue weighted by Gasteiger charge is 2.39. The van der Waals surface area contributed by atoms with E-state index in [9.17, 15) is 22.8 Å². The van der Waals surface area contributed by atoms with Crippen LogP contribution < -0.4 is 10.2 Å². The number of nitrogens with zero attached hydrogens (tertiary/aromatic N) is 2. The van der Waals surface area contributed by atoms with Crippen molar-refractivity contribution in [3.63, 3.8) is 0 Å². The topological polar surface area (TPSA) is 62.3 Å². The van der Waals surface area contributed by atoms with Crippen molar-refractivity contribution in [3.8, 4) is 12.3 Å². The number of amides is 2. The van der Waals surface area contributed by atoms with Gasteiger partial charge >= 0.3 is 6.18 Å². The fraction of sp³-hybridized carbons (Fsp3) is 0.292. The van der Waals surface area contributed by atoms with Gasteiger partial charge in [0, 0.05) is 22.5 Å². The molecule has 1 aliphatic carbocycles. The van der Waals surface area contributed by atoms with Crippen molar-refractivity contribution in [1.82, 2.24) is 10.3 Å². The van der Waals surface area contributed by atoms with E-state index in [0.717, 1.165) is 23.5 Å². The van der Waals surface area contributed by atoms with Crippen molar-refractivity contribution < 1.29 is 22.8 Å². The van der Waals surface area contributed by atoms with Crippen LogP contribution >= 0.6 is 11.3 Å². The molecule has 0 aliphatic heterocycles. The number of terminal acetylenes is 1. The van der Waals surface area contributed by atoms with Gasteiger partial charge in [0.1, 0.15) is 11.7 Å². The summed E-state index contributed by atoms with van der Waals surface area (Å²) in [5, 5.41) is 4.62. The third-order valence-electron chi connectivity index (χ3n) is 4.73. The summed E-state index contributed by atoms with van der Waals surface area (Å²) in [6.45, 7) is 5.39. The number of rotatable bonds is 5. The number of halogens is 3. The van der Waals surface area contributed by atoms with E-state index in [1.165, 1.54) is 22.4 Å². The number of anilines is 1. The molecular formula is C24H22F3N3O2S. The maximum Gasteiger partial charge on any atom is 0.416 e. The van der Waals surface area contributed by atoms with Gasteiger partial charge in [-0.15, -0.1) is 17.8 Å². The minimum absolute atomic E-state index is 0.00682. The molecule has 9 heteroatoms. The first-order valence-electron chi connectivity index (χ1n) is 10.0. The zero-order chi connectivity index (χ0) is 24.4. The summed E-state index contributed by atoms with van der Waals surface area (Å²) in [6, 6.07) is 3.04. The maximum atomic E-state index is 13.6. The molecule has 0 saturated heterocycles. The van der Waals surface area contributed by atoms with Gasteiger partial charge < -0.3 is 5.32 Å². The molecule has 3 rings (SSSR count). The summed E-state index contributed by atoms with van der Waals surface area (Å²) < 4.78 is 39.3. The van der Waals surface area contributed by atoms with Crippen LogP contribution in [0.4, 0.5) is 18.9 Å².